The number of hydrogen-bond donors (Lipinski definition) is 15. The number of carboxylic acid groups (broad SMARTS) is 1. The zero-order valence-electron chi connectivity index (χ0n) is 62.2. The van der Waals surface area contributed by atoms with Gasteiger partial charge in [0.1, 0.15) is 55.9 Å². The Kier molecular flexibility index (Phi) is 58.3. The van der Waals surface area contributed by atoms with E-state index in [1.807, 2.05) is 60.7 Å². The van der Waals surface area contributed by atoms with Crippen molar-refractivity contribution < 1.29 is 145 Å². The number of nitrogens with one attached hydrogen (secondary N) is 5. The number of anilines is 3. The van der Waals surface area contributed by atoms with Crippen molar-refractivity contribution in [2.45, 2.75) is 89.9 Å². The number of ketones is 4. The molecule has 2 radical (unpaired) electrons. The van der Waals surface area contributed by atoms with Crippen LogP contribution in [0.2, 0.25) is 0 Å². The van der Waals surface area contributed by atoms with Crippen LogP contribution in [0.15, 0.2) is 109 Å². The molecule has 0 aliphatic heterocycles. The third-order valence-corrected chi connectivity index (χ3v) is 17.9. The molecule has 0 saturated heterocycles. The summed E-state index contributed by atoms with van der Waals surface area (Å²) in [5.74, 6) is -4.58. The Morgan fingerprint density at radius 1 is 0.509 bits per heavy atom. The van der Waals surface area contributed by atoms with Gasteiger partial charge in [0.2, 0.25) is 23.1 Å². The van der Waals surface area contributed by atoms with E-state index in [2.05, 4.69) is 35.9 Å². The molecule has 2 aliphatic rings. The molecule has 1 atom stereocenters. The fourth-order valence-corrected chi connectivity index (χ4v) is 12.4. The average molecular weight is 1640 g/mol. The fraction of sp³-hybridized carbons (Fsp3) is 0.413. The first-order chi connectivity index (χ1) is 51.6. The molecular formula is C75H111BClN8NaO24P2. The van der Waals surface area contributed by atoms with Crippen LogP contribution in [0.5, 0.6) is 28.7 Å². The van der Waals surface area contributed by atoms with E-state index in [9.17, 15) is 58.1 Å². The van der Waals surface area contributed by atoms with Crippen molar-refractivity contribution in [3.63, 3.8) is 0 Å². The summed E-state index contributed by atoms with van der Waals surface area (Å²) < 4.78 is 58.6. The summed E-state index contributed by atoms with van der Waals surface area (Å²) in [5.41, 5.74) is 18.9. The van der Waals surface area contributed by atoms with E-state index >= 15 is 0 Å². The molecule has 32 nitrogen and oxygen atoms in total. The first-order valence-corrected chi connectivity index (χ1v) is 38.1. The number of benzene rings is 6. The Labute approximate surface area is 683 Å². The number of carboxylic acids is 1. The molecule has 0 saturated carbocycles. The van der Waals surface area contributed by atoms with Crippen molar-refractivity contribution in [3.8, 4) is 28.7 Å². The molecule has 37 heteroatoms. The number of aliphatic carboxylic acids is 1. The summed E-state index contributed by atoms with van der Waals surface area (Å²) in [4.78, 5) is 102. The maximum absolute atomic E-state index is 13.6. The number of phenols is 3. The van der Waals surface area contributed by atoms with Crippen molar-refractivity contribution in [2.24, 2.45) is 11.5 Å². The number of nitrogen functional groups attached to an aromatic ring is 1. The number of aldehydes is 1. The number of halogens is 1. The van der Waals surface area contributed by atoms with Gasteiger partial charge in [-0.15, -0.1) is 11.6 Å². The zero-order chi connectivity index (χ0) is 80.6. The molecule has 616 valence electrons. The average Bonchev–Trinajstić information content (AvgIpc) is 0.739. The minimum Gasteiger partial charge on any atom is -0.702 e. The minimum absolute atomic E-state index is 0. The van der Waals surface area contributed by atoms with Gasteiger partial charge in [0.15, 0.2) is 0 Å². The number of hydrogen-bond acceptors (Lipinski definition) is 30. The molecule has 0 amide bonds. The maximum Gasteiger partial charge on any atom is 1.00 e. The number of ether oxygens (including phenoxy) is 2. The topological polar surface area (TPSA) is 515 Å². The van der Waals surface area contributed by atoms with Crippen LogP contribution >= 0.6 is 26.8 Å². The van der Waals surface area contributed by atoms with Gasteiger partial charge < -0.3 is 116 Å². The zero-order valence-corrected chi connectivity index (χ0v) is 66.7. The Bertz CT molecular complexity index is 3800. The molecule has 0 bridgehead atoms. The molecule has 0 spiro atoms. The van der Waals surface area contributed by atoms with Gasteiger partial charge >= 0.3 is 44.7 Å². The number of carbonyl (C=O) groups is 8. The second kappa shape index (κ2) is 60.5. The predicted molar refractivity (Wildman–Crippen MR) is 429 cm³/mol. The van der Waals surface area contributed by atoms with Crippen LogP contribution in [0.1, 0.15) is 151 Å². The van der Waals surface area contributed by atoms with E-state index in [-0.39, 0.29) is 164 Å². The van der Waals surface area contributed by atoms with Crippen molar-refractivity contribution in [1.82, 2.24) is 16.0 Å². The molecule has 1 unspecified atom stereocenters. The van der Waals surface area contributed by atoms with Crippen LogP contribution in [0.4, 0.5) is 17.1 Å². The van der Waals surface area contributed by atoms with Gasteiger partial charge in [0.05, 0.1) is 95.7 Å². The van der Waals surface area contributed by atoms with Crippen LogP contribution < -0.4 is 82.8 Å². The number of nitrogens with two attached hydrogens (primary N) is 3. The monoisotopic (exact) mass is 1640 g/mol. The first kappa shape index (κ1) is 108. The third-order valence-electron chi connectivity index (χ3n) is 14.0. The summed E-state index contributed by atoms with van der Waals surface area (Å²) in [5, 5.41) is 71.0. The van der Waals surface area contributed by atoms with Crippen LogP contribution in [0, 0.1) is 0 Å². The molecule has 2 aliphatic carbocycles. The molecule has 0 heterocycles. The number of aliphatic hydroxyl groups excluding tert-OH is 2. The van der Waals surface area contributed by atoms with Crippen LogP contribution in [0.25, 0.3) is 0 Å². The van der Waals surface area contributed by atoms with Gasteiger partial charge in [-0.1, -0.05) is 82.9 Å². The van der Waals surface area contributed by atoms with Gasteiger partial charge in [-0.3, -0.25) is 42.7 Å². The number of aromatic hydroxyl groups is 3. The first-order valence-electron chi connectivity index (χ1n) is 34.1. The number of alkyl halides is 1. The third kappa shape index (κ3) is 38.6. The Morgan fingerprint density at radius 2 is 0.884 bits per heavy atom. The molecule has 6 aromatic carbocycles. The quantitative estimate of drug-likeness (QED) is 0.00433. The maximum atomic E-state index is 13.6. The standard InChI is InChI=1S/C28H21NO5.C25H35N4O8P.C7H18NO3P.C4H6BO4.C4H12N2O.C2H3ClO.C2H4O2.3CH4.Na/c29-19-11-12-20(30)24-23(19)27(31)25-21(33-15-17-7-3-1-4-8-17)13-14-22(26(25)28(24)32)34-16-18-9-5-2-6-10-18;1-2-37-38(35,36)15-3-8-26-9-11-28-16-4-5-17(29-12-10-27-13-14-30)21-20(16)24(33)22-18(31)6-7-19(32)23(22)25(21)34;1-3-10-12(9,11-4-2)7-5-6-8;1-3(6)8-5-9-4(2)7;5-1-2-6-3-4-7;3-1-2-4;1-2(3)4;;;;/h1-14,30H,15-16,29H2;4-7,26-32H,2-3,8-15H2,1H3,(H,35,36);3-8H2,1-2H3;1-2H3;6-7H,1-5H2;2H,1H2;1H3,(H,3,4);3*1H4;/q;;;-1;;;;;;;+1. The molecule has 112 heavy (non-hydrogen) atoms. The van der Waals surface area contributed by atoms with E-state index in [0.29, 0.717) is 116 Å². The summed E-state index contributed by atoms with van der Waals surface area (Å²) in [6, 6.07) is 30.6. The number of fused-ring (bicyclic) bond motifs is 4. The van der Waals surface area contributed by atoms with Crippen molar-refractivity contribution in [1.29, 1.82) is 0 Å². The van der Waals surface area contributed by atoms with E-state index in [4.69, 9.17) is 76.8 Å². The van der Waals surface area contributed by atoms with E-state index in [1.54, 1.807) is 45.0 Å². The van der Waals surface area contributed by atoms with Crippen LogP contribution in [-0.4, -0.2) is 207 Å². The van der Waals surface area contributed by atoms with Gasteiger partial charge in [-0.2, -0.15) is 0 Å². The second-order valence-electron chi connectivity index (χ2n) is 22.3. The van der Waals surface area contributed by atoms with Gasteiger partial charge in [0, 0.05) is 90.2 Å². The normalized spacial score (nSPS) is 11.4. The molecule has 0 aromatic heterocycles. The Morgan fingerprint density at radius 3 is 1.26 bits per heavy atom. The number of phenolic OH excluding ortho intramolecular Hbond substituents is 3. The smallest absolute Gasteiger partial charge is 0.702 e. The van der Waals surface area contributed by atoms with Crippen molar-refractivity contribution in [3.05, 3.63) is 165 Å². The molecule has 6 aromatic rings. The van der Waals surface area contributed by atoms with Gasteiger partial charge in [0.25, 0.3) is 17.9 Å². The number of aliphatic hydroxyl groups is 2. The molecular weight excluding hydrogens is 1530 g/mol. The predicted octanol–water partition coefficient (Wildman–Crippen LogP) is 5.59. The Balaban J connectivity index is -0.00000145. The summed E-state index contributed by atoms with van der Waals surface area (Å²) in [6.07, 6.45) is 2.23. The van der Waals surface area contributed by atoms with Gasteiger partial charge in [-0.05, 0) is 106 Å². The van der Waals surface area contributed by atoms with E-state index in [0.717, 1.165) is 24.6 Å². The Hall–Kier alpha value is -8.15. The van der Waals surface area contributed by atoms with Crippen LogP contribution in [0.3, 0.4) is 0 Å². The fourth-order valence-electron chi connectivity index (χ4n) is 9.60. The number of rotatable bonds is 36. The van der Waals surface area contributed by atoms with E-state index in [1.165, 1.54) is 38.1 Å². The SMILES string of the molecule is C.C.C.CC(=O)O.CC(=O)O[B-]OC(C)=O.CCOP(=O)(CCCN)OCC.CCOP(=O)(O)CCCNCCNc1ccc(NCCNCCO)c2c1C(=O)c1c(O)ccc(O)c1C2=O.NCCNCCO.Nc1ccc(O)c2c1C(=O)c1c(OCc3ccccc3)ccc(OCc3ccccc3)c1C2=O.O=CCCl.[Na+]. The largest absolute Gasteiger partial charge is 1.00 e. The molecule has 8 rings (SSSR count). The van der Waals surface area contributed by atoms with Crippen LogP contribution in [-0.2, 0) is 64.4 Å². The van der Waals surface area contributed by atoms with Crippen molar-refractivity contribution >= 4 is 98.9 Å². The summed E-state index contributed by atoms with van der Waals surface area (Å²) in [7, 11) is -5.68. The number of carbonyl (C=O) groups excluding carboxylic acids is 7. The molecule has 0 fully saturated rings. The van der Waals surface area contributed by atoms with E-state index < -0.39 is 67.7 Å². The summed E-state index contributed by atoms with van der Waals surface area (Å²) >= 11 is 4.82. The van der Waals surface area contributed by atoms with Crippen molar-refractivity contribution in [2.75, 3.05) is 133 Å². The second-order valence-corrected chi connectivity index (χ2v) is 26.8. The molecule has 18 N–H and O–H groups in total. The summed E-state index contributed by atoms with van der Waals surface area (Å²) in [6.45, 7) is 15.6. The minimum atomic E-state index is -3.56. The van der Waals surface area contributed by atoms with Gasteiger partial charge in [-0.25, -0.2) is 0 Å².